The monoisotopic (exact) mass is 626 g/mol. The van der Waals surface area contributed by atoms with Crippen LogP contribution in [0.5, 0.6) is 0 Å². The van der Waals surface area contributed by atoms with Crippen LogP contribution in [-0.4, -0.2) is 9.97 Å². The maximum Gasteiger partial charge on any atom is 0.159 e. The van der Waals surface area contributed by atoms with E-state index in [2.05, 4.69) is 121 Å². The van der Waals surface area contributed by atoms with Crippen molar-refractivity contribution in [3.8, 4) is 33.0 Å². The zero-order valence-electron chi connectivity index (χ0n) is 23.8. The normalized spacial score (nSPS) is 12.0. The van der Waals surface area contributed by atoms with Crippen LogP contribution in [0.15, 0.2) is 134 Å². The molecule has 0 atom stereocenters. The van der Waals surface area contributed by atoms with Crippen molar-refractivity contribution in [3.63, 3.8) is 0 Å². The number of fused-ring (bicyclic) bond motifs is 8. The second kappa shape index (κ2) is 9.78. The van der Waals surface area contributed by atoms with Crippen molar-refractivity contribution in [1.82, 2.24) is 9.97 Å². The maximum absolute atomic E-state index is 4.78. The SMILES string of the molecule is c1ccc2cc3c(cc2c1)sc1c2cc4ccc(-c5ncc(-c6ccc(-c7cc8ccccc8s7)cc6)cn5)cc4cc2sc31. The molecule has 6 aromatic carbocycles. The number of hydrogen-bond donors (Lipinski definition) is 0. The zero-order valence-corrected chi connectivity index (χ0v) is 26.3. The Bertz CT molecular complexity index is 2710. The van der Waals surface area contributed by atoms with E-state index in [1.807, 2.05) is 46.4 Å². The van der Waals surface area contributed by atoms with Crippen molar-refractivity contribution in [2.45, 2.75) is 0 Å². The molecule has 45 heavy (non-hydrogen) atoms. The van der Waals surface area contributed by atoms with Crippen LogP contribution in [0.25, 0.3) is 94.2 Å². The molecular formula is C40H22N2S3. The summed E-state index contributed by atoms with van der Waals surface area (Å²) >= 11 is 5.65. The van der Waals surface area contributed by atoms with Crippen LogP contribution in [-0.2, 0) is 0 Å². The number of benzene rings is 6. The van der Waals surface area contributed by atoms with E-state index in [1.165, 1.54) is 71.6 Å². The van der Waals surface area contributed by atoms with E-state index < -0.39 is 0 Å². The molecule has 10 rings (SSSR count). The molecule has 0 aliphatic rings. The average molecular weight is 627 g/mol. The molecular weight excluding hydrogens is 605 g/mol. The van der Waals surface area contributed by atoms with Gasteiger partial charge >= 0.3 is 0 Å². The minimum absolute atomic E-state index is 0.743. The maximum atomic E-state index is 4.78. The summed E-state index contributed by atoms with van der Waals surface area (Å²) < 4.78 is 6.78. The van der Waals surface area contributed by atoms with Crippen molar-refractivity contribution in [1.29, 1.82) is 0 Å². The smallest absolute Gasteiger partial charge is 0.159 e. The minimum Gasteiger partial charge on any atom is -0.236 e. The standard InChI is InChI=1S/C40H22N2S3/c1-2-6-26-18-36-32(16-25(26)5-1)38-39(44-36)33-17-27-13-14-29(15-30(27)20-37(33)45-38)40-41-21-31(22-42-40)23-9-11-24(12-10-23)35-19-28-7-3-4-8-34(28)43-35/h1-22H. The summed E-state index contributed by atoms with van der Waals surface area (Å²) in [6, 6.07) is 44.1. The second-order valence-corrected chi connectivity index (χ2v) is 14.7. The number of aromatic nitrogens is 2. The summed E-state index contributed by atoms with van der Waals surface area (Å²) in [6.45, 7) is 0. The van der Waals surface area contributed by atoms with Crippen LogP contribution in [0.1, 0.15) is 0 Å². The molecule has 0 unspecified atom stereocenters. The minimum atomic E-state index is 0.743. The van der Waals surface area contributed by atoms with Crippen molar-refractivity contribution in [3.05, 3.63) is 134 Å². The Morgan fingerprint density at radius 3 is 1.67 bits per heavy atom. The van der Waals surface area contributed by atoms with Crippen molar-refractivity contribution in [2.24, 2.45) is 0 Å². The molecule has 0 N–H and O–H groups in total. The van der Waals surface area contributed by atoms with Gasteiger partial charge in [-0.25, -0.2) is 9.97 Å². The van der Waals surface area contributed by atoms with E-state index in [0.29, 0.717) is 0 Å². The van der Waals surface area contributed by atoms with Gasteiger partial charge in [-0.15, -0.1) is 34.0 Å². The van der Waals surface area contributed by atoms with Gasteiger partial charge in [0.25, 0.3) is 0 Å². The predicted molar refractivity (Wildman–Crippen MR) is 197 cm³/mol. The van der Waals surface area contributed by atoms with Gasteiger partial charge in [0.2, 0.25) is 0 Å². The molecule has 0 fully saturated rings. The fraction of sp³-hybridized carbons (Fsp3) is 0. The Labute approximate surface area is 270 Å². The molecule has 0 saturated heterocycles. The first-order valence-corrected chi connectivity index (χ1v) is 17.3. The molecule has 0 spiro atoms. The van der Waals surface area contributed by atoms with E-state index >= 15 is 0 Å². The molecule has 2 nitrogen and oxygen atoms in total. The van der Waals surface area contributed by atoms with Crippen LogP contribution in [0.2, 0.25) is 0 Å². The number of rotatable bonds is 3. The van der Waals surface area contributed by atoms with Gasteiger partial charge in [-0.3, -0.25) is 0 Å². The van der Waals surface area contributed by atoms with E-state index in [-0.39, 0.29) is 0 Å². The Hall–Kier alpha value is -4.94. The number of hydrogen-bond acceptors (Lipinski definition) is 5. The summed E-state index contributed by atoms with van der Waals surface area (Å²) in [7, 11) is 0. The quantitative estimate of drug-likeness (QED) is 0.195. The first kappa shape index (κ1) is 25.4. The van der Waals surface area contributed by atoms with Gasteiger partial charge < -0.3 is 0 Å². The highest BCUT2D eigenvalue weighted by Crippen LogP contribution is 2.46. The zero-order chi connectivity index (χ0) is 29.5. The lowest BCUT2D eigenvalue weighted by Gasteiger charge is -2.06. The van der Waals surface area contributed by atoms with Crippen LogP contribution in [0.3, 0.4) is 0 Å². The first-order chi connectivity index (χ1) is 22.2. The van der Waals surface area contributed by atoms with E-state index in [0.717, 1.165) is 22.5 Å². The Balaban J connectivity index is 0.972. The van der Waals surface area contributed by atoms with Crippen LogP contribution < -0.4 is 0 Å². The highest BCUT2D eigenvalue weighted by atomic mass is 32.1. The van der Waals surface area contributed by atoms with Gasteiger partial charge in [-0.1, -0.05) is 78.9 Å². The lowest BCUT2D eigenvalue weighted by molar-refractivity contribution is 1.18. The topological polar surface area (TPSA) is 25.8 Å². The lowest BCUT2D eigenvalue weighted by Crippen LogP contribution is -1.90. The number of nitrogens with zero attached hydrogens (tertiary/aromatic N) is 2. The summed E-state index contributed by atoms with van der Waals surface area (Å²) in [4.78, 5) is 10.9. The van der Waals surface area contributed by atoms with Crippen molar-refractivity contribution >= 4 is 95.2 Å². The lowest BCUT2D eigenvalue weighted by atomic mass is 10.0. The van der Waals surface area contributed by atoms with Gasteiger partial charge in [-0.2, -0.15) is 0 Å². The highest BCUT2D eigenvalue weighted by molar-refractivity contribution is 7.36. The van der Waals surface area contributed by atoms with Gasteiger partial charge in [0.15, 0.2) is 5.82 Å². The Kier molecular flexibility index (Phi) is 5.52. The first-order valence-electron chi connectivity index (χ1n) is 14.9. The fourth-order valence-electron chi connectivity index (χ4n) is 6.40. The van der Waals surface area contributed by atoms with Gasteiger partial charge in [0.1, 0.15) is 0 Å². The largest absolute Gasteiger partial charge is 0.236 e. The van der Waals surface area contributed by atoms with E-state index in [1.54, 1.807) is 0 Å². The van der Waals surface area contributed by atoms with E-state index in [4.69, 9.17) is 9.97 Å². The number of thiophene rings is 3. The Morgan fingerprint density at radius 2 is 0.956 bits per heavy atom. The van der Waals surface area contributed by atoms with Crippen LogP contribution >= 0.6 is 34.0 Å². The summed E-state index contributed by atoms with van der Waals surface area (Å²) in [5, 5.41) is 9.06. The molecule has 210 valence electrons. The highest BCUT2D eigenvalue weighted by Gasteiger charge is 2.15. The molecule has 4 heterocycles. The fourth-order valence-corrected chi connectivity index (χ4v) is 10.2. The molecule has 0 aliphatic heterocycles. The summed E-state index contributed by atoms with van der Waals surface area (Å²) in [5.41, 5.74) is 4.40. The summed E-state index contributed by atoms with van der Waals surface area (Å²) in [5.74, 6) is 0.743. The van der Waals surface area contributed by atoms with Gasteiger partial charge in [-0.05, 0) is 80.5 Å². The van der Waals surface area contributed by atoms with Crippen LogP contribution in [0, 0.1) is 0 Å². The second-order valence-electron chi connectivity index (χ2n) is 11.5. The molecule has 0 aliphatic carbocycles. The Morgan fingerprint density at radius 1 is 0.378 bits per heavy atom. The summed E-state index contributed by atoms with van der Waals surface area (Å²) in [6.07, 6.45) is 3.87. The predicted octanol–water partition coefficient (Wildman–Crippen LogP) is 12.6. The third-order valence-corrected chi connectivity index (χ3v) is 12.4. The molecule has 4 aromatic heterocycles. The van der Waals surface area contributed by atoms with Crippen molar-refractivity contribution in [2.75, 3.05) is 0 Å². The third kappa shape index (κ3) is 4.12. The third-order valence-electron chi connectivity index (χ3n) is 8.74. The van der Waals surface area contributed by atoms with E-state index in [9.17, 15) is 0 Å². The van der Waals surface area contributed by atoms with Gasteiger partial charge in [0.05, 0.1) is 9.40 Å². The molecule has 10 aromatic rings. The molecule has 0 saturated carbocycles. The van der Waals surface area contributed by atoms with Crippen LogP contribution in [0.4, 0.5) is 0 Å². The average Bonchev–Trinajstić information content (AvgIpc) is 3.78. The van der Waals surface area contributed by atoms with Gasteiger partial charge in [0, 0.05) is 53.3 Å². The molecule has 0 radical (unpaired) electrons. The molecule has 0 amide bonds. The molecule has 0 bridgehead atoms. The molecule has 5 heteroatoms. The van der Waals surface area contributed by atoms with Crippen molar-refractivity contribution < 1.29 is 0 Å².